The Labute approximate surface area is 316 Å². The van der Waals surface area contributed by atoms with Crippen molar-refractivity contribution >= 4 is 71.1 Å². The van der Waals surface area contributed by atoms with E-state index in [-0.39, 0.29) is 0 Å². The Balaban J connectivity index is 1.04. The fourth-order valence-corrected chi connectivity index (χ4v) is 8.66. The lowest BCUT2D eigenvalue weighted by molar-refractivity contribution is 1.16. The smallest absolute Gasteiger partial charge is 0.189 e. The van der Waals surface area contributed by atoms with Gasteiger partial charge in [0.15, 0.2) is 5.69 Å². The monoisotopic (exact) mass is 699 g/mol. The third kappa shape index (κ3) is 4.58. The molecule has 8 aromatic carbocycles. The van der Waals surface area contributed by atoms with Gasteiger partial charge in [0.1, 0.15) is 0 Å². The Morgan fingerprint density at radius 2 is 0.836 bits per heavy atom. The summed E-state index contributed by atoms with van der Waals surface area (Å²) in [6.45, 7) is 7.99. The maximum absolute atomic E-state index is 9.64. The largest absolute Gasteiger partial charge is 0.310 e. The van der Waals surface area contributed by atoms with E-state index in [0.717, 1.165) is 77.4 Å². The summed E-state index contributed by atoms with van der Waals surface area (Å²) < 4.78 is 6.91. The van der Waals surface area contributed by atoms with Crippen LogP contribution >= 0.6 is 0 Å². The molecule has 0 radical (unpaired) electrons. The Morgan fingerprint density at radius 3 is 1.40 bits per heavy atom. The number of hydrogen-bond acceptors (Lipinski definition) is 1. The maximum atomic E-state index is 9.64. The second-order valence-electron chi connectivity index (χ2n) is 14.0. The molecule has 55 heavy (non-hydrogen) atoms. The van der Waals surface area contributed by atoms with Crippen LogP contribution in [0.1, 0.15) is 5.56 Å². The molecule has 3 heterocycles. The fourth-order valence-electron chi connectivity index (χ4n) is 8.66. The zero-order valence-electron chi connectivity index (χ0n) is 29.5. The van der Waals surface area contributed by atoms with Gasteiger partial charge in [0.05, 0.1) is 51.3 Å². The van der Waals surface area contributed by atoms with E-state index in [1.165, 1.54) is 16.2 Å². The maximum Gasteiger partial charge on any atom is 0.189 e. The number of rotatable bonds is 4. The summed E-state index contributed by atoms with van der Waals surface area (Å²) in [6, 6.07) is 63.7. The van der Waals surface area contributed by atoms with Gasteiger partial charge in [-0.2, -0.15) is 5.26 Å². The van der Waals surface area contributed by atoms with Crippen LogP contribution in [0.2, 0.25) is 0 Å². The molecule has 0 aliphatic rings. The van der Waals surface area contributed by atoms with Crippen LogP contribution in [0, 0.1) is 17.9 Å². The first-order chi connectivity index (χ1) is 27.2. The van der Waals surface area contributed by atoms with Gasteiger partial charge in [-0.05, 0) is 102 Å². The third-order valence-corrected chi connectivity index (χ3v) is 11.0. The minimum absolute atomic E-state index is 0.602. The van der Waals surface area contributed by atoms with Crippen molar-refractivity contribution in [2.24, 2.45) is 0 Å². The van der Waals surface area contributed by atoms with Crippen LogP contribution in [0.15, 0.2) is 176 Å². The van der Waals surface area contributed by atoms with Gasteiger partial charge in [-0.15, -0.1) is 0 Å². The standard InChI is InChI=1S/C50H29N5/c1-52-35-27-34(28-38(29-35)55-45-14-6-2-10-39(45)40-11-3-7-15-46(40)55)33-19-21-36(22-20-33)53-47-16-8-5-13-42(47)44-30-37(23-25-50(44)53)54-48-17-9-4-12-41(48)43-26-32(31-51)18-24-49(43)54/h2-30H. The van der Waals surface area contributed by atoms with Crippen molar-refractivity contribution < 1.29 is 0 Å². The Morgan fingerprint density at radius 1 is 0.382 bits per heavy atom. The molecule has 0 saturated heterocycles. The number of benzene rings is 8. The topological polar surface area (TPSA) is 42.9 Å². The highest BCUT2D eigenvalue weighted by Crippen LogP contribution is 2.39. The van der Waals surface area contributed by atoms with E-state index in [0.29, 0.717) is 11.3 Å². The molecular weight excluding hydrogens is 671 g/mol. The van der Waals surface area contributed by atoms with Crippen LogP contribution in [0.4, 0.5) is 5.69 Å². The van der Waals surface area contributed by atoms with Crippen LogP contribution in [0.5, 0.6) is 0 Å². The van der Waals surface area contributed by atoms with Gasteiger partial charge < -0.3 is 13.7 Å². The fraction of sp³-hybridized carbons (Fsp3) is 0. The Kier molecular flexibility index (Phi) is 6.61. The summed E-state index contributed by atoms with van der Waals surface area (Å²) in [6.07, 6.45) is 0. The van der Waals surface area contributed by atoms with E-state index in [4.69, 9.17) is 6.57 Å². The molecule has 3 aromatic heterocycles. The molecule has 0 amide bonds. The van der Waals surface area contributed by atoms with Gasteiger partial charge in [-0.25, -0.2) is 4.85 Å². The van der Waals surface area contributed by atoms with E-state index in [1.54, 1.807) is 0 Å². The lowest BCUT2D eigenvalue weighted by Crippen LogP contribution is -1.96. The van der Waals surface area contributed by atoms with Gasteiger partial charge in [0.25, 0.3) is 0 Å². The van der Waals surface area contributed by atoms with Crippen LogP contribution in [-0.2, 0) is 0 Å². The van der Waals surface area contributed by atoms with E-state index < -0.39 is 0 Å². The van der Waals surface area contributed by atoms with Crippen molar-refractivity contribution in [1.29, 1.82) is 5.26 Å². The molecule has 0 unspecified atom stereocenters. The van der Waals surface area contributed by atoms with Crippen molar-refractivity contribution in [3.8, 4) is 34.3 Å². The highest BCUT2D eigenvalue weighted by molar-refractivity contribution is 6.13. The number of aromatic nitrogens is 3. The summed E-state index contributed by atoms with van der Waals surface area (Å²) in [5.74, 6) is 0. The predicted octanol–water partition coefficient (Wildman–Crippen LogP) is 13.1. The Bertz CT molecular complexity index is 3400. The highest BCUT2D eigenvalue weighted by atomic mass is 15.0. The second-order valence-corrected chi connectivity index (χ2v) is 14.0. The molecule has 5 nitrogen and oxygen atoms in total. The molecule has 0 saturated carbocycles. The molecule has 11 rings (SSSR count). The quantitative estimate of drug-likeness (QED) is 0.169. The summed E-state index contributed by atoms with van der Waals surface area (Å²) in [5, 5.41) is 16.6. The number of hydrogen-bond donors (Lipinski definition) is 0. The van der Waals surface area contributed by atoms with Crippen molar-refractivity contribution in [3.05, 3.63) is 193 Å². The summed E-state index contributed by atoms with van der Waals surface area (Å²) in [7, 11) is 0. The van der Waals surface area contributed by atoms with Crippen molar-refractivity contribution in [3.63, 3.8) is 0 Å². The van der Waals surface area contributed by atoms with Crippen molar-refractivity contribution in [2.75, 3.05) is 0 Å². The van der Waals surface area contributed by atoms with E-state index in [2.05, 4.69) is 176 Å². The summed E-state index contributed by atoms with van der Waals surface area (Å²) in [4.78, 5) is 3.90. The molecule has 254 valence electrons. The lowest BCUT2D eigenvalue weighted by atomic mass is 10.0. The zero-order valence-corrected chi connectivity index (χ0v) is 29.5. The summed E-state index contributed by atoms with van der Waals surface area (Å²) in [5.41, 5.74) is 13.1. The molecular formula is C50H29N5. The second kappa shape index (κ2) is 11.8. The van der Waals surface area contributed by atoms with Gasteiger partial charge in [0, 0.05) is 49.4 Å². The van der Waals surface area contributed by atoms with Gasteiger partial charge in [-0.3, -0.25) is 0 Å². The number of fused-ring (bicyclic) bond motifs is 9. The van der Waals surface area contributed by atoms with Gasteiger partial charge in [0.2, 0.25) is 0 Å². The Hall–Kier alpha value is -7.86. The van der Waals surface area contributed by atoms with E-state index >= 15 is 0 Å². The molecule has 0 N–H and O–H groups in total. The molecule has 5 heteroatoms. The third-order valence-electron chi connectivity index (χ3n) is 11.0. The molecule has 0 aliphatic heterocycles. The molecule has 0 spiro atoms. The van der Waals surface area contributed by atoms with E-state index in [9.17, 15) is 5.26 Å². The first-order valence-electron chi connectivity index (χ1n) is 18.3. The molecule has 0 atom stereocenters. The first-order valence-corrected chi connectivity index (χ1v) is 18.3. The predicted molar refractivity (Wildman–Crippen MR) is 226 cm³/mol. The van der Waals surface area contributed by atoms with Crippen LogP contribution < -0.4 is 0 Å². The van der Waals surface area contributed by atoms with Crippen LogP contribution in [0.3, 0.4) is 0 Å². The first kappa shape index (κ1) is 30.7. The van der Waals surface area contributed by atoms with Crippen molar-refractivity contribution in [2.45, 2.75) is 0 Å². The van der Waals surface area contributed by atoms with E-state index in [1.807, 2.05) is 24.3 Å². The minimum atomic E-state index is 0.602. The van der Waals surface area contributed by atoms with Crippen LogP contribution in [-0.4, -0.2) is 13.7 Å². The minimum Gasteiger partial charge on any atom is -0.310 e. The summed E-state index contributed by atoms with van der Waals surface area (Å²) >= 11 is 0. The van der Waals surface area contributed by atoms with Gasteiger partial charge >= 0.3 is 0 Å². The molecule has 11 aromatic rings. The van der Waals surface area contributed by atoms with Crippen molar-refractivity contribution in [1.82, 2.24) is 13.7 Å². The molecule has 0 bridgehead atoms. The SMILES string of the molecule is [C-]#[N+]c1cc(-c2ccc(-n3c4ccccc4c4cc(-n5c6ccccc6c6cc(C#N)ccc65)ccc43)cc2)cc(-n2c3ccccc3c3ccccc32)c1. The average molecular weight is 700 g/mol. The average Bonchev–Trinajstić information content (AvgIpc) is 3.89. The molecule has 0 aliphatic carbocycles. The lowest BCUT2D eigenvalue weighted by Gasteiger charge is -2.13. The molecule has 0 fully saturated rings. The highest BCUT2D eigenvalue weighted by Gasteiger charge is 2.18. The normalized spacial score (nSPS) is 11.6. The number of nitriles is 1. The number of nitrogens with zero attached hydrogens (tertiary/aromatic N) is 5. The van der Waals surface area contributed by atoms with Crippen LogP contribution in [0.25, 0.3) is 98.5 Å². The van der Waals surface area contributed by atoms with Gasteiger partial charge in [-0.1, -0.05) is 84.9 Å². The zero-order chi connectivity index (χ0) is 36.6. The number of para-hydroxylation sites is 4.